The van der Waals surface area contributed by atoms with Crippen LogP contribution in [0.5, 0.6) is 0 Å². The molecule has 0 aromatic rings. The summed E-state index contributed by atoms with van der Waals surface area (Å²) >= 11 is 0. The number of carbonyl (C=O) groups excluding carboxylic acids is 1. The molecule has 0 amide bonds. The van der Waals surface area contributed by atoms with Crippen LogP contribution in [0, 0.1) is 0 Å². The fourth-order valence-corrected chi connectivity index (χ4v) is 1.08. The van der Waals surface area contributed by atoms with E-state index in [2.05, 4.69) is 11.3 Å². The summed E-state index contributed by atoms with van der Waals surface area (Å²) < 4.78 is 35.9. The molecule has 0 saturated heterocycles. The van der Waals surface area contributed by atoms with Crippen LogP contribution in [0.15, 0.2) is 24.2 Å². The van der Waals surface area contributed by atoms with Crippen molar-refractivity contribution in [2.75, 3.05) is 7.11 Å². The van der Waals surface area contributed by atoms with Crippen LogP contribution in [0.2, 0.25) is 0 Å². The Balaban J connectivity index is 4.97. The van der Waals surface area contributed by atoms with Gasteiger partial charge in [0.1, 0.15) is 6.26 Å². The van der Waals surface area contributed by atoms with Crippen LogP contribution in [0.4, 0.5) is 8.78 Å². The van der Waals surface area contributed by atoms with Gasteiger partial charge in [0.15, 0.2) is 11.9 Å². The molecule has 0 aromatic carbocycles. The van der Waals surface area contributed by atoms with Gasteiger partial charge in [0.05, 0.1) is 7.11 Å². The first-order valence-corrected chi connectivity index (χ1v) is 4.94. The second kappa shape index (κ2) is 6.22. The maximum atomic E-state index is 13.5. The van der Waals surface area contributed by atoms with Gasteiger partial charge in [0.25, 0.3) is 0 Å². The van der Waals surface area contributed by atoms with Crippen molar-refractivity contribution in [2.24, 2.45) is 0 Å². The highest BCUT2D eigenvalue weighted by molar-refractivity contribution is 5.78. The van der Waals surface area contributed by atoms with Crippen LogP contribution in [-0.4, -0.2) is 30.2 Å². The third-order valence-corrected chi connectivity index (χ3v) is 2.04. The van der Waals surface area contributed by atoms with E-state index in [9.17, 15) is 13.6 Å². The first-order valence-electron chi connectivity index (χ1n) is 4.94. The van der Waals surface area contributed by atoms with Crippen LogP contribution < -0.4 is 0 Å². The van der Waals surface area contributed by atoms with Gasteiger partial charge in [-0.2, -0.15) is 8.78 Å². The molecule has 0 heterocycles. The van der Waals surface area contributed by atoms with E-state index in [1.165, 1.54) is 13.8 Å². The lowest BCUT2D eigenvalue weighted by atomic mass is 10.1. The molecule has 0 aromatic heterocycles. The summed E-state index contributed by atoms with van der Waals surface area (Å²) in [6.07, 6.45) is -1.32. The number of methoxy groups -OCH3 is 1. The zero-order chi connectivity index (χ0) is 13.6. The highest BCUT2D eigenvalue weighted by Gasteiger charge is 2.49. The molecule has 0 saturated carbocycles. The number of aliphatic hydroxyl groups is 1. The van der Waals surface area contributed by atoms with Gasteiger partial charge in [0.2, 0.25) is 0 Å². The summed E-state index contributed by atoms with van der Waals surface area (Å²) in [4.78, 5) is 10.9. The standard InChI is InChI=1S/C11H16F2O4/c1-5-9(11(12,13)10(15)16-4)17-8(6-14)7(2)3/h6,9,14H,2,5H2,1,3-4H3/b8-6+. The number of allylic oxidation sites excluding steroid dienone is 1. The highest BCUT2D eigenvalue weighted by Crippen LogP contribution is 2.28. The smallest absolute Gasteiger partial charge is 0.380 e. The number of aliphatic hydroxyl groups excluding tert-OH is 1. The van der Waals surface area contributed by atoms with E-state index in [1.807, 2.05) is 0 Å². The monoisotopic (exact) mass is 250 g/mol. The normalized spacial score (nSPS) is 14.1. The molecule has 0 spiro atoms. The Kier molecular flexibility index (Phi) is 5.64. The van der Waals surface area contributed by atoms with E-state index in [1.54, 1.807) is 0 Å². The van der Waals surface area contributed by atoms with E-state index >= 15 is 0 Å². The van der Waals surface area contributed by atoms with E-state index in [-0.39, 0.29) is 17.8 Å². The molecular formula is C11H16F2O4. The summed E-state index contributed by atoms with van der Waals surface area (Å²) in [5.41, 5.74) is 0.270. The average Bonchev–Trinajstić information content (AvgIpc) is 2.28. The Morgan fingerprint density at radius 2 is 2.12 bits per heavy atom. The van der Waals surface area contributed by atoms with E-state index < -0.39 is 18.0 Å². The van der Waals surface area contributed by atoms with Crippen molar-refractivity contribution in [3.8, 4) is 0 Å². The van der Waals surface area contributed by atoms with Crippen LogP contribution in [-0.2, 0) is 14.3 Å². The molecule has 1 atom stereocenters. The second-order valence-corrected chi connectivity index (χ2v) is 3.40. The average molecular weight is 250 g/mol. The van der Waals surface area contributed by atoms with Crippen molar-refractivity contribution in [3.63, 3.8) is 0 Å². The Hall–Kier alpha value is -1.59. The predicted octanol–water partition coefficient (Wildman–Crippen LogP) is 2.57. The van der Waals surface area contributed by atoms with E-state index in [4.69, 9.17) is 9.84 Å². The lowest BCUT2D eigenvalue weighted by Crippen LogP contribution is -2.43. The Morgan fingerprint density at radius 1 is 1.59 bits per heavy atom. The third kappa shape index (κ3) is 3.72. The molecule has 1 unspecified atom stereocenters. The van der Waals surface area contributed by atoms with Crippen molar-refractivity contribution in [3.05, 3.63) is 24.2 Å². The lowest BCUT2D eigenvalue weighted by molar-refractivity contribution is -0.187. The van der Waals surface area contributed by atoms with E-state index in [0.29, 0.717) is 6.26 Å². The number of alkyl halides is 2. The molecule has 0 aliphatic carbocycles. The topological polar surface area (TPSA) is 55.8 Å². The first-order chi connectivity index (χ1) is 7.81. The molecule has 0 radical (unpaired) electrons. The van der Waals surface area contributed by atoms with Gasteiger partial charge in [-0.1, -0.05) is 13.5 Å². The molecule has 6 heteroatoms. The van der Waals surface area contributed by atoms with Gasteiger partial charge in [-0.05, 0) is 18.9 Å². The molecule has 0 aliphatic rings. The van der Waals surface area contributed by atoms with Gasteiger partial charge in [0, 0.05) is 0 Å². The Labute approximate surface area is 98.5 Å². The maximum Gasteiger partial charge on any atom is 0.380 e. The predicted molar refractivity (Wildman–Crippen MR) is 57.7 cm³/mol. The largest absolute Gasteiger partial charge is 0.512 e. The number of ether oxygens (including phenoxy) is 2. The zero-order valence-corrected chi connectivity index (χ0v) is 10.00. The van der Waals surface area contributed by atoms with Gasteiger partial charge in [-0.15, -0.1) is 0 Å². The van der Waals surface area contributed by atoms with Crippen LogP contribution in [0.3, 0.4) is 0 Å². The van der Waals surface area contributed by atoms with Crippen molar-refractivity contribution in [1.29, 1.82) is 0 Å². The van der Waals surface area contributed by atoms with Gasteiger partial charge in [-0.25, -0.2) is 4.79 Å². The summed E-state index contributed by atoms with van der Waals surface area (Å²) in [7, 11) is 0.866. The minimum Gasteiger partial charge on any atom is -0.512 e. The molecule has 0 rings (SSSR count). The highest BCUT2D eigenvalue weighted by atomic mass is 19.3. The third-order valence-electron chi connectivity index (χ3n) is 2.04. The number of carbonyl (C=O) groups is 1. The Morgan fingerprint density at radius 3 is 2.41 bits per heavy atom. The molecule has 0 fully saturated rings. The van der Waals surface area contributed by atoms with Crippen LogP contribution in [0.1, 0.15) is 20.3 Å². The van der Waals surface area contributed by atoms with Crippen molar-refractivity contribution in [1.82, 2.24) is 0 Å². The number of esters is 1. The molecule has 0 bridgehead atoms. The molecule has 1 N–H and O–H groups in total. The minimum atomic E-state index is -3.78. The first kappa shape index (κ1) is 15.4. The van der Waals surface area contributed by atoms with Crippen molar-refractivity contribution < 1.29 is 28.2 Å². The van der Waals surface area contributed by atoms with Crippen LogP contribution >= 0.6 is 0 Å². The summed E-state index contributed by atoms with van der Waals surface area (Å²) in [5.74, 6) is -5.66. The Bertz CT molecular complexity index is 323. The minimum absolute atomic E-state index is 0.132. The van der Waals surface area contributed by atoms with Crippen molar-refractivity contribution >= 4 is 5.97 Å². The molecular weight excluding hydrogens is 234 g/mol. The maximum absolute atomic E-state index is 13.5. The lowest BCUT2D eigenvalue weighted by Gasteiger charge is -2.25. The number of hydrogen-bond acceptors (Lipinski definition) is 4. The zero-order valence-electron chi connectivity index (χ0n) is 10.00. The summed E-state index contributed by atoms with van der Waals surface area (Å²) in [6, 6.07) is 0. The molecule has 98 valence electrons. The fraction of sp³-hybridized carbons (Fsp3) is 0.545. The summed E-state index contributed by atoms with van der Waals surface area (Å²) in [6.45, 7) is 6.35. The SMILES string of the molecule is C=C(C)/C(=C\O)OC(CC)C(F)(F)C(=O)OC. The summed E-state index contributed by atoms with van der Waals surface area (Å²) in [5, 5.41) is 8.79. The van der Waals surface area contributed by atoms with Gasteiger partial charge in [-0.3, -0.25) is 0 Å². The van der Waals surface area contributed by atoms with Gasteiger partial charge >= 0.3 is 11.9 Å². The fourth-order valence-electron chi connectivity index (χ4n) is 1.08. The second-order valence-electron chi connectivity index (χ2n) is 3.40. The van der Waals surface area contributed by atoms with E-state index in [0.717, 1.165) is 7.11 Å². The number of rotatable bonds is 6. The quantitative estimate of drug-likeness (QED) is 0.447. The van der Waals surface area contributed by atoms with Gasteiger partial charge < -0.3 is 14.6 Å². The molecule has 0 aliphatic heterocycles. The van der Waals surface area contributed by atoms with Crippen molar-refractivity contribution in [2.45, 2.75) is 32.3 Å². The molecule has 4 nitrogen and oxygen atoms in total. The number of halogens is 2. The van der Waals surface area contributed by atoms with Crippen LogP contribution in [0.25, 0.3) is 0 Å². The molecule has 17 heavy (non-hydrogen) atoms. The number of hydrogen-bond donors (Lipinski definition) is 1.